The molecule has 2 aromatic rings. The first-order chi connectivity index (χ1) is 12.5. The van der Waals surface area contributed by atoms with Gasteiger partial charge in [-0.3, -0.25) is 9.59 Å². The van der Waals surface area contributed by atoms with Gasteiger partial charge in [0.2, 0.25) is 0 Å². The van der Waals surface area contributed by atoms with Crippen LogP contribution in [0.5, 0.6) is 11.5 Å². The molecule has 27 heavy (non-hydrogen) atoms. The molecule has 0 saturated heterocycles. The Morgan fingerprint density at radius 3 is 1.11 bits per heavy atom. The molecule has 0 heterocycles. The lowest BCUT2D eigenvalue weighted by Crippen LogP contribution is -2.18. The zero-order valence-electron chi connectivity index (χ0n) is 16.7. The molecule has 0 N–H and O–H groups in total. The summed E-state index contributed by atoms with van der Waals surface area (Å²) in [6.45, 7) is 10.0. The molecule has 0 spiro atoms. The van der Waals surface area contributed by atoms with Crippen LogP contribution < -0.4 is 9.47 Å². The summed E-state index contributed by atoms with van der Waals surface area (Å²) in [5.41, 5.74) is 1.95. The van der Waals surface area contributed by atoms with Gasteiger partial charge in [0.05, 0.1) is 0 Å². The first-order valence-corrected chi connectivity index (χ1v) is 8.57. The molecule has 2 aromatic carbocycles. The number of Topliss-reactive ketones (excluding diaryl/α,β-unsaturated/α-hetero) is 1. The van der Waals surface area contributed by atoms with E-state index < -0.39 is 0 Å². The molecule has 0 unspecified atom stereocenters. The fourth-order valence-electron chi connectivity index (χ4n) is 2.38. The summed E-state index contributed by atoms with van der Waals surface area (Å²) in [4.78, 5) is 31.4. The minimum atomic E-state index is -0.335. The number of ether oxygens (including phenoxy) is 2. The van der Waals surface area contributed by atoms with Gasteiger partial charge in [-0.1, -0.05) is 38.1 Å². The SMILES string of the molecule is CC(=O)Oc1ccc(C(C)(C)c2ccc(OC(C)=O)cc2)cc1.CC(C)=O. The predicted molar refractivity (Wildman–Crippen MR) is 104 cm³/mol. The Morgan fingerprint density at radius 1 is 0.630 bits per heavy atom. The highest BCUT2D eigenvalue weighted by Gasteiger charge is 2.23. The van der Waals surface area contributed by atoms with Crippen molar-refractivity contribution in [1.29, 1.82) is 0 Å². The molecule has 0 saturated carbocycles. The topological polar surface area (TPSA) is 69.7 Å². The molecule has 144 valence electrons. The van der Waals surface area contributed by atoms with E-state index in [2.05, 4.69) is 13.8 Å². The lowest BCUT2D eigenvalue weighted by atomic mass is 9.78. The minimum absolute atomic E-state index is 0.167. The van der Waals surface area contributed by atoms with Crippen LogP contribution in [0.4, 0.5) is 0 Å². The first kappa shape index (κ1) is 22.1. The van der Waals surface area contributed by atoms with Crippen molar-refractivity contribution in [2.75, 3.05) is 0 Å². The van der Waals surface area contributed by atoms with Crippen molar-refractivity contribution in [3.8, 4) is 11.5 Å². The minimum Gasteiger partial charge on any atom is -0.427 e. The second-order valence-corrected chi connectivity index (χ2v) is 6.77. The summed E-state index contributed by atoms with van der Waals surface area (Å²) in [6, 6.07) is 14.9. The molecule has 0 aromatic heterocycles. The van der Waals surface area contributed by atoms with Crippen molar-refractivity contribution in [2.24, 2.45) is 0 Å². The van der Waals surface area contributed by atoms with E-state index in [-0.39, 0.29) is 23.1 Å². The molecule has 0 fully saturated rings. The van der Waals surface area contributed by atoms with Crippen molar-refractivity contribution < 1.29 is 23.9 Å². The van der Waals surface area contributed by atoms with Gasteiger partial charge in [0.1, 0.15) is 17.3 Å². The Morgan fingerprint density at radius 2 is 0.889 bits per heavy atom. The summed E-state index contributed by atoms with van der Waals surface area (Å²) in [5, 5.41) is 0. The molecule has 5 heteroatoms. The summed E-state index contributed by atoms with van der Waals surface area (Å²) in [6.07, 6.45) is 0. The zero-order valence-corrected chi connectivity index (χ0v) is 16.7. The van der Waals surface area contributed by atoms with Gasteiger partial charge in [-0.25, -0.2) is 0 Å². The third-order valence-electron chi connectivity index (χ3n) is 3.68. The standard InChI is InChI=1S/C19H20O4.C3H6O/c1-13(20)22-17-9-5-15(6-10-17)19(3,4)16-7-11-18(12-8-16)23-14(2)21;1-3(2)4/h5-12H,1-4H3;1-2H3. The molecule has 0 aliphatic carbocycles. The monoisotopic (exact) mass is 370 g/mol. The molecular formula is C22H26O5. The van der Waals surface area contributed by atoms with E-state index in [0.717, 1.165) is 11.1 Å². The third-order valence-corrected chi connectivity index (χ3v) is 3.68. The number of esters is 2. The van der Waals surface area contributed by atoms with Crippen LogP contribution in [0.2, 0.25) is 0 Å². The largest absolute Gasteiger partial charge is 0.427 e. The van der Waals surface area contributed by atoms with Gasteiger partial charge in [-0.15, -0.1) is 0 Å². The van der Waals surface area contributed by atoms with E-state index in [1.807, 2.05) is 24.3 Å². The van der Waals surface area contributed by atoms with Crippen molar-refractivity contribution in [3.63, 3.8) is 0 Å². The Kier molecular flexibility index (Phi) is 7.91. The van der Waals surface area contributed by atoms with Gasteiger partial charge >= 0.3 is 11.9 Å². The van der Waals surface area contributed by atoms with E-state index in [9.17, 15) is 14.4 Å². The van der Waals surface area contributed by atoms with Crippen LogP contribution in [0.15, 0.2) is 48.5 Å². The van der Waals surface area contributed by atoms with Crippen molar-refractivity contribution in [1.82, 2.24) is 0 Å². The van der Waals surface area contributed by atoms with Gasteiger partial charge in [0, 0.05) is 19.3 Å². The van der Waals surface area contributed by atoms with Gasteiger partial charge < -0.3 is 14.3 Å². The number of rotatable bonds is 4. The molecule has 5 nitrogen and oxygen atoms in total. The number of benzene rings is 2. The Hall–Kier alpha value is -2.95. The second kappa shape index (κ2) is 9.67. The van der Waals surface area contributed by atoms with Gasteiger partial charge in [0.15, 0.2) is 0 Å². The number of carbonyl (C=O) groups is 3. The number of hydrogen-bond donors (Lipinski definition) is 0. The van der Waals surface area contributed by atoms with E-state index in [1.165, 1.54) is 27.7 Å². The van der Waals surface area contributed by atoms with Crippen LogP contribution >= 0.6 is 0 Å². The summed E-state index contributed by atoms with van der Waals surface area (Å²) >= 11 is 0. The highest BCUT2D eigenvalue weighted by molar-refractivity contribution is 5.72. The van der Waals surface area contributed by atoms with Crippen molar-refractivity contribution in [3.05, 3.63) is 59.7 Å². The van der Waals surface area contributed by atoms with Crippen LogP contribution in [0, 0.1) is 0 Å². The third kappa shape index (κ3) is 7.44. The highest BCUT2D eigenvalue weighted by atomic mass is 16.5. The Balaban J connectivity index is 0.000000828. The summed E-state index contributed by atoms with van der Waals surface area (Å²) in [7, 11) is 0. The predicted octanol–water partition coefficient (Wildman–Crippen LogP) is 4.46. The summed E-state index contributed by atoms with van der Waals surface area (Å²) < 4.78 is 10.1. The van der Waals surface area contributed by atoms with Gasteiger partial charge in [-0.05, 0) is 49.2 Å². The van der Waals surface area contributed by atoms with Gasteiger partial charge in [-0.2, -0.15) is 0 Å². The molecule has 0 aliphatic heterocycles. The van der Waals surface area contributed by atoms with Crippen LogP contribution in [0.3, 0.4) is 0 Å². The van der Waals surface area contributed by atoms with E-state index in [1.54, 1.807) is 24.3 Å². The van der Waals surface area contributed by atoms with Crippen molar-refractivity contribution in [2.45, 2.75) is 47.0 Å². The fraction of sp³-hybridized carbons (Fsp3) is 0.318. The normalized spacial score (nSPS) is 10.3. The lowest BCUT2D eigenvalue weighted by Gasteiger charge is -2.26. The van der Waals surface area contributed by atoms with E-state index in [4.69, 9.17) is 9.47 Å². The van der Waals surface area contributed by atoms with Crippen LogP contribution in [0.25, 0.3) is 0 Å². The quantitative estimate of drug-likeness (QED) is 0.587. The molecule has 0 aliphatic rings. The maximum atomic E-state index is 11.0. The highest BCUT2D eigenvalue weighted by Crippen LogP contribution is 2.33. The number of carbonyl (C=O) groups excluding carboxylic acids is 3. The molecule has 0 radical (unpaired) electrons. The lowest BCUT2D eigenvalue weighted by molar-refractivity contribution is -0.132. The fourth-order valence-corrected chi connectivity index (χ4v) is 2.38. The number of ketones is 1. The molecule has 2 rings (SSSR count). The molecular weight excluding hydrogens is 344 g/mol. The molecule has 0 atom stereocenters. The molecule has 0 amide bonds. The number of hydrogen-bond acceptors (Lipinski definition) is 5. The van der Waals surface area contributed by atoms with Crippen LogP contribution in [-0.2, 0) is 19.8 Å². The smallest absolute Gasteiger partial charge is 0.308 e. The maximum Gasteiger partial charge on any atom is 0.308 e. The molecule has 0 bridgehead atoms. The summed E-state index contributed by atoms with van der Waals surface area (Å²) in [5.74, 6) is 0.556. The maximum absolute atomic E-state index is 11.0. The van der Waals surface area contributed by atoms with Crippen molar-refractivity contribution >= 4 is 17.7 Å². The Bertz CT molecular complexity index is 721. The van der Waals surface area contributed by atoms with Crippen LogP contribution in [-0.4, -0.2) is 17.7 Å². The average Bonchev–Trinajstić information content (AvgIpc) is 2.54. The zero-order chi connectivity index (χ0) is 20.6. The van der Waals surface area contributed by atoms with E-state index in [0.29, 0.717) is 11.5 Å². The Labute approximate surface area is 160 Å². The first-order valence-electron chi connectivity index (χ1n) is 8.57. The van der Waals surface area contributed by atoms with E-state index >= 15 is 0 Å². The average molecular weight is 370 g/mol. The van der Waals surface area contributed by atoms with Gasteiger partial charge in [0.25, 0.3) is 0 Å². The second-order valence-electron chi connectivity index (χ2n) is 6.77. The van der Waals surface area contributed by atoms with Crippen LogP contribution in [0.1, 0.15) is 52.7 Å².